The van der Waals surface area contributed by atoms with E-state index >= 15 is 0 Å². The van der Waals surface area contributed by atoms with Crippen molar-refractivity contribution in [1.29, 1.82) is 0 Å². The highest BCUT2D eigenvalue weighted by Crippen LogP contribution is 2.67. The molecule has 0 radical (unpaired) electrons. The molecule has 2 amide bonds. The van der Waals surface area contributed by atoms with E-state index in [1.165, 1.54) is 5.57 Å². The molecule has 0 bridgehead atoms. The molecule has 0 saturated heterocycles. The molecule has 11 heteroatoms. The fraction of sp³-hybridized carbons (Fsp3) is 0.650. The first-order valence-corrected chi connectivity index (χ1v) is 18.7. The minimum Gasteiger partial charge on any atom is -0.480 e. The van der Waals surface area contributed by atoms with E-state index in [0.717, 1.165) is 37.7 Å². The van der Waals surface area contributed by atoms with Crippen molar-refractivity contribution in [3.63, 3.8) is 0 Å². The molecule has 51 heavy (non-hydrogen) atoms. The zero-order valence-electron chi connectivity index (χ0n) is 30.0. The van der Waals surface area contributed by atoms with Crippen LogP contribution in [0.5, 0.6) is 0 Å². The van der Waals surface area contributed by atoms with Gasteiger partial charge in [0.2, 0.25) is 17.6 Å². The summed E-state index contributed by atoms with van der Waals surface area (Å²) in [6.45, 7) is 4.17. The number of esters is 1. The predicted molar refractivity (Wildman–Crippen MR) is 188 cm³/mol. The molecule has 1 aromatic carbocycles. The molecule has 4 aliphatic carbocycles. The van der Waals surface area contributed by atoms with Crippen molar-refractivity contribution in [3.05, 3.63) is 47.5 Å². The minimum atomic E-state index is -1.57. The summed E-state index contributed by atoms with van der Waals surface area (Å²) in [5.74, 6) is -1.69. The normalized spacial score (nSPS) is 30.1. The van der Waals surface area contributed by atoms with Crippen LogP contribution in [0.2, 0.25) is 0 Å². The predicted octanol–water partition coefficient (Wildman–Crippen LogP) is 4.63. The third-order valence-corrected chi connectivity index (χ3v) is 12.8. The summed E-state index contributed by atoms with van der Waals surface area (Å²) in [5.41, 5.74) is -0.0751. The van der Waals surface area contributed by atoms with Crippen LogP contribution in [0.15, 0.2) is 42.0 Å². The second kappa shape index (κ2) is 16.2. The Hall–Kier alpha value is -3.86. The van der Waals surface area contributed by atoms with Crippen molar-refractivity contribution in [1.82, 2.24) is 10.6 Å². The van der Waals surface area contributed by atoms with Crippen LogP contribution in [-0.2, 0) is 39.9 Å². The average molecular weight is 707 g/mol. The molecule has 0 spiro atoms. The second-order valence-corrected chi connectivity index (χ2v) is 15.7. The molecule has 0 heterocycles. The molecule has 7 atom stereocenters. The Morgan fingerprint density at radius 2 is 1.63 bits per heavy atom. The number of benzene rings is 1. The number of ether oxygens (including phenoxy) is 1. The fourth-order valence-corrected chi connectivity index (χ4v) is 9.81. The van der Waals surface area contributed by atoms with Crippen LogP contribution < -0.4 is 10.6 Å². The van der Waals surface area contributed by atoms with Crippen LogP contribution in [0.4, 0.5) is 0 Å². The number of unbranched alkanes of at least 4 members (excludes halogenated alkanes) is 2. The second-order valence-electron chi connectivity index (χ2n) is 15.7. The van der Waals surface area contributed by atoms with E-state index in [0.29, 0.717) is 56.9 Å². The number of amides is 2. The first kappa shape index (κ1) is 38.4. The number of carbonyl (C=O) groups excluding carboxylic acids is 5. The van der Waals surface area contributed by atoms with Crippen molar-refractivity contribution < 1.29 is 43.7 Å². The SMILES string of the molecule is C[C@]12CCC(=O)C=C1CC[C@@H]1[C@@H]2CC[C@@]2(C)[C@H]1CC[C@]2(O)C(=O)COC(=O)CCC(=O)NCCCCCC(=O)N[C@H](Cc1ccccc1)C(=O)O. The van der Waals surface area contributed by atoms with Crippen molar-refractivity contribution in [2.24, 2.45) is 28.6 Å². The Kier molecular flexibility index (Phi) is 12.2. The van der Waals surface area contributed by atoms with Gasteiger partial charge in [0.25, 0.3) is 0 Å². The Balaban J connectivity index is 0.970. The van der Waals surface area contributed by atoms with Crippen molar-refractivity contribution in [2.45, 2.75) is 122 Å². The molecule has 4 N–H and O–H groups in total. The maximum atomic E-state index is 13.5. The zero-order valence-corrected chi connectivity index (χ0v) is 30.0. The van der Waals surface area contributed by atoms with E-state index < -0.39 is 41.4 Å². The number of carboxylic acids is 1. The third-order valence-electron chi connectivity index (χ3n) is 12.8. The van der Waals surface area contributed by atoms with Crippen molar-refractivity contribution in [2.75, 3.05) is 13.2 Å². The van der Waals surface area contributed by atoms with Gasteiger partial charge in [-0.25, -0.2) is 4.79 Å². The standard InChI is InChI=1S/C40H54N2O9/c1-38-19-16-28(43)24-27(38)12-13-29-30(38)17-20-39(2)31(29)18-21-40(39,50)33(44)25-51-36(47)15-14-34(45)41-22-8-4-7-11-35(46)42-32(37(48)49)23-26-9-5-3-6-10-26/h3,5-6,9-10,24,29-32,50H,4,7-8,11-23,25H2,1-2H3,(H,41,45)(H,42,46)(H,48,49)/t29-,30+,31+,32-,38+,39+,40+/m1/s1. The number of fused-ring (bicyclic) bond motifs is 5. The van der Waals surface area contributed by atoms with Gasteiger partial charge in [-0.05, 0) is 92.6 Å². The summed E-state index contributed by atoms with van der Waals surface area (Å²) in [4.78, 5) is 74.2. The number of rotatable bonds is 16. The van der Waals surface area contributed by atoms with Gasteiger partial charge in [-0.1, -0.05) is 56.2 Å². The Labute approximate surface area is 300 Å². The summed E-state index contributed by atoms with van der Waals surface area (Å²) in [7, 11) is 0. The Morgan fingerprint density at radius 3 is 2.37 bits per heavy atom. The number of aliphatic hydroxyl groups is 1. The molecule has 0 aromatic heterocycles. The van der Waals surface area contributed by atoms with Gasteiger partial charge in [-0.15, -0.1) is 0 Å². The molecule has 3 fully saturated rings. The van der Waals surface area contributed by atoms with Gasteiger partial charge < -0.3 is 25.6 Å². The van der Waals surface area contributed by atoms with Crippen LogP contribution in [0.1, 0.15) is 109 Å². The van der Waals surface area contributed by atoms with E-state index in [4.69, 9.17) is 4.74 Å². The lowest BCUT2D eigenvalue weighted by molar-refractivity contribution is -0.170. The number of aliphatic carboxylic acids is 1. The Bertz CT molecular complexity index is 1520. The number of carbonyl (C=O) groups is 6. The lowest BCUT2D eigenvalue weighted by Gasteiger charge is -2.58. The quantitative estimate of drug-likeness (QED) is 0.141. The Morgan fingerprint density at radius 1 is 0.882 bits per heavy atom. The number of hydrogen-bond acceptors (Lipinski definition) is 8. The maximum absolute atomic E-state index is 13.5. The minimum absolute atomic E-state index is 0.000793. The number of carboxylic acid groups (broad SMARTS) is 1. The van der Waals surface area contributed by atoms with E-state index in [1.54, 1.807) is 0 Å². The van der Waals surface area contributed by atoms with Gasteiger partial charge in [0.15, 0.2) is 12.4 Å². The molecular weight excluding hydrogens is 652 g/mol. The highest BCUT2D eigenvalue weighted by atomic mass is 16.5. The number of nitrogens with one attached hydrogen (secondary N) is 2. The molecule has 11 nitrogen and oxygen atoms in total. The number of allylic oxidation sites excluding steroid dienone is 1. The summed E-state index contributed by atoms with van der Waals surface area (Å²) in [6.07, 6.45) is 9.75. The van der Waals surface area contributed by atoms with Crippen LogP contribution in [0.25, 0.3) is 0 Å². The van der Waals surface area contributed by atoms with Crippen LogP contribution in [0.3, 0.4) is 0 Å². The summed E-state index contributed by atoms with van der Waals surface area (Å²) < 4.78 is 5.27. The van der Waals surface area contributed by atoms with Gasteiger partial charge >= 0.3 is 11.9 Å². The molecule has 278 valence electrons. The highest BCUT2D eigenvalue weighted by molar-refractivity contribution is 5.92. The molecule has 3 saturated carbocycles. The van der Waals surface area contributed by atoms with Gasteiger partial charge in [0.05, 0.1) is 6.42 Å². The summed E-state index contributed by atoms with van der Waals surface area (Å²) >= 11 is 0. The topological polar surface area (TPSA) is 176 Å². The molecule has 0 aliphatic heterocycles. The van der Waals surface area contributed by atoms with Crippen LogP contribution in [0, 0.1) is 28.6 Å². The largest absolute Gasteiger partial charge is 0.480 e. The number of ketones is 2. The van der Waals surface area contributed by atoms with Gasteiger partial charge in [-0.2, -0.15) is 0 Å². The first-order valence-electron chi connectivity index (χ1n) is 18.7. The number of hydrogen-bond donors (Lipinski definition) is 4. The smallest absolute Gasteiger partial charge is 0.326 e. The number of Topliss-reactive ketones (excluding diaryl/α,β-unsaturated/α-hetero) is 1. The van der Waals surface area contributed by atoms with E-state index in [9.17, 15) is 39.0 Å². The zero-order chi connectivity index (χ0) is 36.8. The summed E-state index contributed by atoms with van der Waals surface area (Å²) in [5, 5.41) is 26.6. The molecular formula is C40H54N2O9. The van der Waals surface area contributed by atoms with Gasteiger partial charge in [-0.3, -0.25) is 24.0 Å². The monoisotopic (exact) mass is 706 g/mol. The van der Waals surface area contributed by atoms with Crippen molar-refractivity contribution >= 4 is 35.3 Å². The third kappa shape index (κ3) is 8.45. The fourth-order valence-electron chi connectivity index (χ4n) is 9.81. The molecule has 1 aromatic rings. The van der Waals surface area contributed by atoms with E-state index in [-0.39, 0.29) is 54.6 Å². The van der Waals surface area contributed by atoms with E-state index in [2.05, 4.69) is 17.6 Å². The molecule has 0 unspecified atom stereocenters. The first-order chi connectivity index (χ1) is 24.3. The van der Waals surface area contributed by atoms with Crippen LogP contribution >= 0.6 is 0 Å². The lowest BCUT2D eigenvalue weighted by Crippen LogP contribution is -2.58. The van der Waals surface area contributed by atoms with Gasteiger partial charge in [0, 0.05) is 37.6 Å². The van der Waals surface area contributed by atoms with Crippen molar-refractivity contribution in [3.8, 4) is 0 Å². The molecule has 5 rings (SSSR count). The van der Waals surface area contributed by atoms with Gasteiger partial charge in [0.1, 0.15) is 11.6 Å². The van der Waals surface area contributed by atoms with E-state index in [1.807, 2.05) is 43.3 Å². The molecule has 4 aliphatic rings. The summed E-state index contributed by atoms with van der Waals surface area (Å²) in [6, 6.07) is 8.09. The lowest BCUT2D eigenvalue weighted by atomic mass is 9.46. The highest BCUT2D eigenvalue weighted by Gasteiger charge is 2.66. The van der Waals surface area contributed by atoms with Crippen LogP contribution in [-0.4, -0.2) is 70.3 Å². The maximum Gasteiger partial charge on any atom is 0.326 e. The average Bonchev–Trinajstić information content (AvgIpc) is 3.39.